The first-order chi connectivity index (χ1) is 15.0. The van der Waals surface area contributed by atoms with Crippen LogP contribution in [0.5, 0.6) is 0 Å². The quantitative estimate of drug-likeness (QED) is 0.507. The molecule has 0 fully saturated rings. The SMILES string of the molecule is CCOC(=O)C1=C(C)Nc2nc(=O)[nH]c(Nc3ccc(Cl)cc3)c2[C@@H]1c1ccccc1. The lowest BCUT2D eigenvalue weighted by Gasteiger charge is -2.30. The highest BCUT2D eigenvalue weighted by molar-refractivity contribution is 6.30. The maximum atomic E-state index is 12.9. The number of hydrogen-bond acceptors (Lipinski definition) is 6. The van der Waals surface area contributed by atoms with Crippen molar-refractivity contribution in [3.63, 3.8) is 0 Å². The van der Waals surface area contributed by atoms with Crippen molar-refractivity contribution in [1.82, 2.24) is 9.97 Å². The minimum Gasteiger partial charge on any atom is -0.463 e. The van der Waals surface area contributed by atoms with Crippen LogP contribution in [0.2, 0.25) is 5.02 Å². The fourth-order valence-electron chi connectivity index (χ4n) is 3.70. The van der Waals surface area contributed by atoms with E-state index in [0.717, 1.165) is 11.3 Å². The summed E-state index contributed by atoms with van der Waals surface area (Å²) in [6, 6.07) is 16.7. The van der Waals surface area contributed by atoms with E-state index in [0.29, 0.717) is 33.5 Å². The molecule has 31 heavy (non-hydrogen) atoms. The summed E-state index contributed by atoms with van der Waals surface area (Å²) in [6.07, 6.45) is 0. The number of carbonyl (C=O) groups excluding carboxylic acids is 1. The third kappa shape index (κ3) is 4.18. The molecule has 0 saturated heterocycles. The fourth-order valence-corrected chi connectivity index (χ4v) is 3.83. The van der Waals surface area contributed by atoms with E-state index >= 15 is 0 Å². The van der Waals surface area contributed by atoms with Crippen LogP contribution in [0.4, 0.5) is 17.3 Å². The standard InChI is InChI=1S/C23H21ClN4O3/c1-3-31-22(29)17-13(2)25-20-19(18(17)14-7-5-4-6-8-14)21(28-23(30)27-20)26-16-11-9-15(24)10-12-16/h4-12,18H,3H2,1-2H3,(H3,25,26,27,28,30)/t18-/m1/s1. The van der Waals surface area contributed by atoms with Crippen molar-refractivity contribution in [3.8, 4) is 0 Å². The second kappa shape index (κ2) is 8.65. The molecule has 0 saturated carbocycles. The molecule has 158 valence electrons. The number of fused-ring (bicyclic) bond motifs is 1. The number of carbonyl (C=O) groups is 1. The zero-order valence-electron chi connectivity index (χ0n) is 17.0. The van der Waals surface area contributed by atoms with Gasteiger partial charge in [-0.2, -0.15) is 4.98 Å². The first kappa shape index (κ1) is 20.7. The Morgan fingerprint density at radius 2 is 1.87 bits per heavy atom. The molecule has 0 amide bonds. The zero-order valence-corrected chi connectivity index (χ0v) is 17.8. The number of esters is 1. The molecule has 8 heteroatoms. The second-order valence-corrected chi connectivity index (χ2v) is 7.48. The maximum Gasteiger partial charge on any atom is 0.348 e. The summed E-state index contributed by atoms with van der Waals surface area (Å²) in [5, 5.41) is 6.95. The average molecular weight is 437 g/mol. The summed E-state index contributed by atoms with van der Waals surface area (Å²) in [7, 11) is 0. The third-order valence-corrected chi connectivity index (χ3v) is 5.25. The molecule has 7 nitrogen and oxygen atoms in total. The number of aromatic nitrogens is 2. The predicted octanol–water partition coefficient (Wildman–Crippen LogP) is 4.56. The van der Waals surface area contributed by atoms with Gasteiger partial charge in [-0.1, -0.05) is 41.9 Å². The van der Waals surface area contributed by atoms with Crippen LogP contribution in [0.3, 0.4) is 0 Å². The zero-order chi connectivity index (χ0) is 22.0. The van der Waals surface area contributed by atoms with Crippen molar-refractivity contribution < 1.29 is 9.53 Å². The number of allylic oxidation sites excluding steroid dienone is 1. The van der Waals surface area contributed by atoms with Crippen LogP contribution in [0.1, 0.15) is 30.9 Å². The van der Waals surface area contributed by atoms with Crippen molar-refractivity contribution in [1.29, 1.82) is 0 Å². The molecule has 1 aromatic heterocycles. The van der Waals surface area contributed by atoms with E-state index in [9.17, 15) is 9.59 Å². The van der Waals surface area contributed by atoms with Crippen molar-refractivity contribution in [2.45, 2.75) is 19.8 Å². The number of anilines is 3. The van der Waals surface area contributed by atoms with Gasteiger partial charge in [0.2, 0.25) is 0 Å². The van der Waals surface area contributed by atoms with Gasteiger partial charge in [-0.3, -0.25) is 4.98 Å². The van der Waals surface area contributed by atoms with E-state index in [2.05, 4.69) is 20.6 Å². The molecular weight excluding hydrogens is 416 g/mol. The molecule has 1 aliphatic rings. The molecule has 1 atom stereocenters. The Morgan fingerprint density at radius 1 is 1.16 bits per heavy atom. The van der Waals surface area contributed by atoms with Crippen LogP contribution in [-0.2, 0) is 9.53 Å². The Bertz CT molecular complexity index is 1200. The Balaban J connectivity index is 1.91. The lowest BCUT2D eigenvalue weighted by molar-refractivity contribution is -0.138. The molecule has 0 unspecified atom stereocenters. The van der Waals surface area contributed by atoms with Gasteiger partial charge in [-0.15, -0.1) is 0 Å². The molecule has 2 heterocycles. The highest BCUT2D eigenvalue weighted by Crippen LogP contribution is 2.44. The van der Waals surface area contributed by atoms with E-state index in [1.807, 2.05) is 30.3 Å². The number of nitrogens with zero attached hydrogens (tertiary/aromatic N) is 1. The minimum atomic E-state index is -0.512. The number of nitrogens with one attached hydrogen (secondary N) is 3. The van der Waals surface area contributed by atoms with Crippen LogP contribution in [0, 0.1) is 0 Å². The lowest BCUT2D eigenvalue weighted by Crippen LogP contribution is -2.29. The van der Waals surface area contributed by atoms with Gasteiger partial charge in [0.05, 0.1) is 18.1 Å². The van der Waals surface area contributed by atoms with Crippen LogP contribution in [0.25, 0.3) is 0 Å². The largest absolute Gasteiger partial charge is 0.463 e. The van der Waals surface area contributed by atoms with Gasteiger partial charge < -0.3 is 15.4 Å². The number of ether oxygens (including phenoxy) is 1. The van der Waals surface area contributed by atoms with Crippen molar-refractivity contribution in [3.05, 3.63) is 92.5 Å². The van der Waals surface area contributed by atoms with Gasteiger partial charge >= 0.3 is 11.7 Å². The minimum absolute atomic E-state index is 0.254. The van der Waals surface area contributed by atoms with Gasteiger partial charge in [-0.05, 0) is 43.7 Å². The maximum absolute atomic E-state index is 12.9. The van der Waals surface area contributed by atoms with Crippen molar-refractivity contribution in [2.75, 3.05) is 17.2 Å². The number of H-pyrrole nitrogens is 1. The summed E-state index contributed by atoms with van der Waals surface area (Å²) in [6.45, 7) is 3.80. The smallest absolute Gasteiger partial charge is 0.348 e. The molecule has 4 rings (SSSR count). The number of halogens is 1. The highest BCUT2D eigenvalue weighted by Gasteiger charge is 2.36. The highest BCUT2D eigenvalue weighted by atomic mass is 35.5. The molecular formula is C23H21ClN4O3. The molecule has 3 N–H and O–H groups in total. The van der Waals surface area contributed by atoms with E-state index in [4.69, 9.17) is 16.3 Å². The van der Waals surface area contributed by atoms with Gasteiger partial charge in [0, 0.05) is 22.0 Å². The first-order valence-electron chi connectivity index (χ1n) is 9.84. The molecule has 0 spiro atoms. The summed E-state index contributed by atoms with van der Waals surface area (Å²) >= 11 is 6.00. The summed E-state index contributed by atoms with van der Waals surface area (Å²) < 4.78 is 5.35. The monoisotopic (exact) mass is 436 g/mol. The second-order valence-electron chi connectivity index (χ2n) is 7.04. The van der Waals surface area contributed by atoms with Gasteiger partial charge in [0.1, 0.15) is 11.6 Å². The first-order valence-corrected chi connectivity index (χ1v) is 10.2. The molecule has 0 radical (unpaired) electrons. The molecule has 3 aromatic rings. The van der Waals surface area contributed by atoms with Gasteiger partial charge in [0.25, 0.3) is 0 Å². The number of benzene rings is 2. The van der Waals surface area contributed by atoms with Crippen molar-refractivity contribution >= 4 is 34.9 Å². The van der Waals surface area contributed by atoms with Crippen molar-refractivity contribution in [2.24, 2.45) is 0 Å². The summed E-state index contributed by atoms with van der Waals surface area (Å²) in [5.74, 6) is -0.0844. The topological polar surface area (TPSA) is 96.1 Å². The van der Waals surface area contributed by atoms with E-state index in [-0.39, 0.29) is 6.61 Å². The van der Waals surface area contributed by atoms with Crippen LogP contribution >= 0.6 is 11.6 Å². The van der Waals surface area contributed by atoms with E-state index in [1.54, 1.807) is 38.1 Å². The normalized spacial score (nSPS) is 15.1. The number of hydrogen-bond donors (Lipinski definition) is 3. The Hall–Kier alpha value is -3.58. The van der Waals surface area contributed by atoms with E-state index < -0.39 is 17.6 Å². The fraction of sp³-hybridized carbons (Fsp3) is 0.174. The molecule has 2 aromatic carbocycles. The molecule has 0 bridgehead atoms. The Labute approximate surface area is 184 Å². The summed E-state index contributed by atoms with van der Waals surface area (Å²) in [5.41, 5.74) is 2.80. The van der Waals surface area contributed by atoms with Gasteiger partial charge in [0.15, 0.2) is 0 Å². The van der Waals surface area contributed by atoms with Crippen LogP contribution in [-0.4, -0.2) is 22.5 Å². The van der Waals surface area contributed by atoms with Gasteiger partial charge in [-0.25, -0.2) is 9.59 Å². The number of rotatable bonds is 5. The van der Waals surface area contributed by atoms with Crippen LogP contribution < -0.4 is 16.3 Å². The third-order valence-electron chi connectivity index (χ3n) is 5.00. The lowest BCUT2D eigenvalue weighted by atomic mass is 9.82. The Morgan fingerprint density at radius 3 is 2.55 bits per heavy atom. The molecule has 0 aliphatic carbocycles. The Kier molecular flexibility index (Phi) is 5.77. The predicted molar refractivity (Wildman–Crippen MR) is 121 cm³/mol. The van der Waals surface area contributed by atoms with E-state index in [1.165, 1.54) is 0 Å². The van der Waals surface area contributed by atoms with Crippen LogP contribution in [0.15, 0.2) is 70.7 Å². The summed E-state index contributed by atoms with van der Waals surface area (Å²) in [4.78, 5) is 32.1. The average Bonchev–Trinajstić information content (AvgIpc) is 2.75. The number of aromatic amines is 1. The molecule has 1 aliphatic heterocycles.